The van der Waals surface area contributed by atoms with Crippen molar-refractivity contribution in [1.82, 2.24) is 0 Å². The summed E-state index contributed by atoms with van der Waals surface area (Å²) >= 11 is 1.88. The van der Waals surface area contributed by atoms with Crippen molar-refractivity contribution in [2.45, 2.75) is 104 Å². The Bertz CT molecular complexity index is 586. The van der Waals surface area contributed by atoms with Gasteiger partial charge in [0.2, 0.25) is 0 Å². The van der Waals surface area contributed by atoms with Gasteiger partial charge in [0.1, 0.15) is 5.60 Å². The van der Waals surface area contributed by atoms with Crippen molar-refractivity contribution in [3.8, 4) is 0 Å². The number of rotatable bonds is 7. The van der Waals surface area contributed by atoms with Gasteiger partial charge in [0.25, 0.3) is 0 Å². The van der Waals surface area contributed by atoms with E-state index in [2.05, 4.69) is 54.5 Å². The van der Waals surface area contributed by atoms with Crippen molar-refractivity contribution in [3.05, 3.63) is 21.4 Å². The van der Waals surface area contributed by atoms with Gasteiger partial charge in [-0.15, -0.1) is 11.3 Å². The highest BCUT2D eigenvalue weighted by molar-refractivity contribution is 7.12. The fourth-order valence-electron chi connectivity index (χ4n) is 2.77. The Balaban J connectivity index is 2.70. The van der Waals surface area contributed by atoms with E-state index >= 15 is 0 Å². The van der Waals surface area contributed by atoms with Crippen molar-refractivity contribution in [3.63, 3.8) is 0 Å². The number of unbranched alkanes of at least 4 members (excludes halogenated alkanes) is 1. The van der Waals surface area contributed by atoms with Crippen LogP contribution in [0.2, 0.25) is 0 Å². The first-order chi connectivity index (χ1) is 11.8. The Morgan fingerprint density at radius 2 is 1.65 bits per heavy atom. The third-order valence-electron chi connectivity index (χ3n) is 4.31. The average Bonchev–Trinajstić information content (AvgIpc) is 2.89. The molecule has 0 fully saturated rings. The summed E-state index contributed by atoms with van der Waals surface area (Å²) in [7, 11) is 0. The zero-order valence-corrected chi connectivity index (χ0v) is 19.1. The summed E-state index contributed by atoms with van der Waals surface area (Å²) in [5.74, 6) is 0. The lowest BCUT2D eigenvalue weighted by Crippen LogP contribution is -2.28. The number of ether oxygens (including phenoxy) is 2. The van der Waals surface area contributed by atoms with Gasteiger partial charge in [-0.25, -0.2) is 4.79 Å². The van der Waals surface area contributed by atoms with Gasteiger partial charge in [0, 0.05) is 16.2 Å². The molecule has 0 bridgehead atoms. The highest BCUT2D eigenvalue weighted by atomic mass is 32.1. The molecule has 1 aromatic heterocycles. The maximum Gasteiger partial charge on any atom is 0.508 e. The molecule has 0 aliphatic carbocycles. The second-order valence-corrected chi connectivity index (χ2v) is 10.8. The summed E-state index contributed by atoms with van der Waals surface area (Å²) in [4.78, 5) is 14.8. The van der Waals surface area contributed by atoms with Crippen LogP contribution in [0.1, 0.15) is 96.9 Å². The van der Waals surface area contributed by atoms with Crippen LogP contribution in [0.5, 0.6) is 0 Å². The lowest BCUT2D eigenvalue weighted by Gasteiger charge is -2.24. The molecule has 0 radical (unpaired) electrons. The number of carbonyl (C=O) groups is 1. The van der Waals surface area contributed by atoms with E-state index in [1.165, 1.54) is 15.3 Å². The highest BCUT2D eigenvalue weighted by Crippen LogP contribution is 2.39. The molecule has 1 aromatic rings. The predicted molar refractivity (Wildman–Crippen MR) is 111 cm³/mol. The second-order valence-electron chi connectivity index (χ2n) is 9.78. The van der Waals surface area contributed by atoms with E-state index in [9.17, 15) is 4.79 Å². The quantitative estimate of drug-likeness (QED) is 0.476. The van der Waals surface area contributed by atoms with E-state index in [1.54, 1.807) is 0 Å². The fourth-order valence-corrected chi connectivity index (χ4v) is 4.10. The lowest BCUT2D eigenvalue weighted by atomic mass is 9.89. The van der Waals surface area contributed by atoms with Gasteiger partial charge >= 0.3 is 6.16 Å². The van der Waals surface area contributed by atoms with Gasteiger partial charge in [0.15, 0.2) is 0 Å². The second kappa shape index (κ2) is 8.77. The molecule has 0 unspecified atom stereocenters. The molecule has 0 amide bonds. The van der Waals surface area contributed by atoms with E-state index in [1.807, 2.05) is 25.2 Å². The van der Waals surface area contributed by atoms with E-state index in [-0.39, 0.29) is 10.8 Å². The molecule has 0 aliphatic heterocycles. The minimum atomic E-state index is -0.560. The number of thiophene rings is 1. The Kier molecular flexibility index (Phi) is 7.76. The zero-order valence-electron chi connectivity index (χ0n) is 18.2. The van der Waals surface area contributed by atoms with Gasteiger partial charge in [-0.3, -0.25) is 0 Å². The standard InChI is InChI=1S/C22H38O3S/c1-10-11-13-22(8,9)25-19(23)24-14-12-16-15-17(20(2,3)4)26-18(16)21(5,6)7/h15H,10-14H2,1-9H3. The molecule has 3 nitrogen and oxygen atoms in total. The summed E-state index contributed by atoms with van der Waals surface area (Å²) in [6.07, 6.45) is 3.15. The fraction of sp³-hybridized carbons (Fsp3) is 0.773. The van der Waals surface area contributed by atoms with Crippen LogP contribution in [0.3, 0.4) is 0 Å². The predicted octanol–water partition coefficient (Wildman–Crippen LogP) is 7.01. The van der Waals surface area contributed by atoms with Crippen LogP contribution in [0.15, 0.2) is 6.07 Å². The first kappa shape index (κ1) is 23.0. The van der Waals surface area contributed by atoms with Crippen LogP contribution in [0.25, 0.3) is 0 Å². The molecule has 0 saturated carbocycles. The van der Waals surface area contributed by atoms with Gasteiger partial charge in [-0.2, -0.15) is 0 Å². The molecule has 150 valence electrons. The van der Waals surface area contributed by atoms with Crippen LogP contribution >= 0.6 is 11.3 Å². The molecule has 0 aliphatic rings. The van der Waals surface area contributed by atoms with Crippen molar-refractivity contribution in [2.24, 2.45) is 0 Å². The molecule has 26 heavy (non-hydrogen) atoms. The highest BCUT2D eigenvalue weighted by Gasteiger charge is 2.26. The van der Waals surface area contributed by atoms with Crippen molar-refractivity contribution < 1.29 is 14.3 Å². The van der Waals surface area contributed by atoms with E-state index in [4.69, 9.17) is 9.47 Å². The number of carbonyl (C=O) groups excluding carboxylic acids is 1. The number of hydrogen-bond donors (Lipinski definition) is 0. The van der Waals surface area contributed by atoms with Crippen molar-refractivity contribution in [1.29, 1.82) is 0 Å². The third kappa shape index (κ3) is 7.30. The summed E-state index contributed by atoms with van der Waals surface area (Å²) in [5.41, 5.74) is 1.04. The Hall–Kier alpha value is -1.03. The Morgan fingerprint density at radius 3 is 2.15 bits per heavy atom. The minimum Gasteiger partial charge on any atom is -0.434 e. The van der Waals surface area contributed by atoms with E-state index in [0.717, 1.165) is 25.7 Å². The normalized spacial score (nSPS) is 13.0. The molecule has 0 spiro atoms. The maximum atomic E-state index is 12.0. The first-order valence-electron chi connectivity index (χ1n) is 9.75. The van der Waals surface area contributed by atoms with Gasteiger partial charge < -0.3 is 9.47 Å². The number of hydrogen-bond acceptors (Lipinski definition) is 4. The van der Waals surface area contributed by atoms with E-state index < -0.39 is 11.8 Å². The Morgan fingerprint density at radius 1 is 1.04 bits per heavy atom. The molecule has 0 saturated heterocycles. The molecular formula is C22H38O3S. The topological polar surface area (TPSA) is 35.5 Å². The molecule has 1 rings (SSSR count). The summed E-state index contributed by atoms with van der Waals surface area (Å²) in [5, 5.41) is 0. The zero-order chi connectivity index (χ0) is 20.2. The summed E-state index contributed by atoms with van der Waals surface area (Å²) < 4.78 is 10.8. The third-order valence-corrected chi connectivity index (χ3v) is 6.34. The van der Waals surface area contributed by atoms with Crippen LogP contribution in [0.4, 0.5) is 4.79 Å². The van der Waals surface area contributed by atoms with Crippen LogP contribution in [-0.2, 0) is 26.7 Å². The van der Waals surface area contributed by atoms with Gasteiger partial charge in [-0.05, 0) is 49.1 Å². The molecule has 4 heteroatoms. The molecule has 0 atom stereocenters. The van der Waals surface area contributed by atoms with Crippen molar-refractivity contribution >= 4 is 17.5 Å². The average molecular weight is 383 g/mol. The molecule has 0 aromatic carbocycles. The molecule has 1 heterocycles. The van der Waals surface area contributed by atoms with Crippen LogP contribution in [-0.4, -0.2) is 18.4 Å². The SMILES string of the molecule is CCCCC(C)(C)OC(=O)OCCc1cc(C(C)(C)C)sc1C(C)(C)C. The lowest BCUT2D eigenvalue weighted by molar-refractivity contribution is -0.0208. The first-order valence-corrected chi connectivity index (χ1v) is 10.6. The molecular weight excluding hydrogens is 344 g/mol. The smallest absolute Gasteiger partial charge is 0.434 e. The summed E-state index contributed by atoms with van der Waals surface area (Å²) in [6.45, 7) is 19.8. The minimum absolute atomic E-state index is 0.0894. The van der Waals surface area contributed by atoms with Crippen LogP contribution < -0.4 is 0 Å². The summed E-state index contributed by atoms with van der Waals surface area (Å²) in [6, 6.07) is 2.28. The van der Waals surface area contributed by atoms with Gasteiger partial charge in [0.05, 0.1) is 6.61 Å². The van der Waals surface area contributed by atoms with Crippen LogP contribution in [0, 0.1) is 0 Å². The maximum absolute atomic E-state index is 12.0. The van der Waals surface area contributed by atoms with Crippen molar-refractivity contribution in [2.75, 3.05) is 6.61 Å². The van der Waals surface area contributed by atoms with Gasteiger partial charge in [-0.1, -0.05) is 54.9 Å². The van der Waals surface area contributed by atoms with E-state index in [0.29, 0.717) is 6.61 Å². The monoisotopic (exact) mass is 382 g/mol. The molecule has 0 N–H and O–H groups in total. The Labute approximate surface area is 164 Å². The largest absolute Gasteiger partial charge is 0.508 e.